The van der Waals surface area contributed by atoms with E-state index in [0.29, 0.717) is 0 Å². The van der Waals surface area contributed by atoms with Gasteiger partial charge in [0.05, 0.1) is 0 Å². The van der Waals surface area contributed by atoms with Crippen LogP contribution in [-0.4, -0.2) is 6.04 Å². The zero-order valence-corrected chi connectivity index (χ0v) is 9.65. The van der Waals surface area contributed by atoms with Gasteiger partial charge < -0.3 is 5.73 Å². The fraction of sp³-hybridized carbons (Fsp3) is 0.467. The van der Waals surface area contributed by atoms with E-state index >= 15 is 0 Å². The standard InChI is InChI=1S/C15H19N/c16-14(12-6-4-5-7-12)15(10-11-15)13-8-2-1-3-9-13/h1-3,6,8-9,14H,4-5,7,10-11,16H2. The molecule has 1 aromatic carbocycles. The van der Waals surface area contributed by atoms with Crippen molar-refractivity contribution in [2.45, 2.75) is 43.6 Å². The van der Waals surface area contributed by atoms with Crippen LogP contribution in [0.2, 0.25) is 0 Å². The van der Waals surface area contributed by atoms with Gasteiger partial charge in [0.1, 0.15) is 0 Å². The quantitative estimate of drug-likeness (QED) is 0.767. The Kier molecular flexibility index (Phi) is 2.36. The van der Waals surface area contributed by atoms with Gasteiger partial charge in [0, 0.05) is 11.5 Å². The topological polar surface area (TPSA) is 26.0 Å². The molecular formula is C15H19N. The van der Waals surface area contributed by atoms with Crippen LogP contribution in [0.5, 0.6) is 0 Å². The third-order valence-corrected chi connectivity index (χ3v) is 4.21. The third-order valence-electron chi connectivity index (χ3n) is 4.21. The van der Waals surface area contributed by atoms with E-state index in [2.05, 4.69) is 36.4 Å². The minimum atomic E-state index is 0.261. The van der Waals surface area contributed by atoms with E-state index < -0.39 is 0 Å². The Morgan fingerprint density at radius 3 is 2.44 bits per heavy atom. The summed E-state index contributed by atoms with van der Waals surface area (Å²) >= 11 is 0. The number of nitrogens with two attached hydrogens (primary N) is 1. The molecule has 1 nitrogen and oxygen atoms in total. The second kappa shape index (κ2) is 3.74. The lowest BCUT2D eigenvalue weighted by Crippen LogP contribution is -2.36. The van der Waals surface area contributed by atoms with Crippen LogP contribution >= 0.6 is 0 Å². The molecule has 1 unspecified atom stereocenters. The van der Waals surface area contributed by atoms with Crippen LogP contribution in [0.25, 0.3) is 0 Å². The molecule has 0 radical (unpaired) electrons. The van der Waals surface area contributed by atoms with E-state index in [9.17, 15) is 0 Å². The van der Waals surface area contributed by atoms with Crippen molar-refractivity contribution in [3.05, 3.63) is 47.5 Å². The highest BCUT2D eigenvalue weighted by atomic mass is 14.8. The Bertz CT molecular complexity index is 401. The van der Waals surface area contributed by atoms with E-state index in [0.717, 1.165) is 0 Å². The maximum atomic E-state index is 6.48. The van der Waals surface area contributed by atoms with Crippen LogP contribution in [0.15, 0.2) is 42.0 Å². The van der Waals surface area contributed by atoms with Crippen LogP contribution in [-0.2, 0) is 5.41 Å². The molecular weight excluding hydrogens is 194 g/mol. The summed E-state index contributed by atoms with van der Waals surface area (Å²) in [5, 5.41) is 0. The first kappa shape index (κ1) is 10.1. The lowest BCUT2D eigenvalue weighted by atomic mass is 9.84. The van der Waals surface area contributed by atoms with Crippen molar-refractivity contribution in [3.63, 3.8) is 0 Å². The van der Waals surface area contributed by atoms with Gasteiger partial charge in [-0.1, -0.05) is 42.0 Å². The summed E-state index contributed by atoms with van der Waals surface area (Å²) in [7, 11) is 0. The van der Waals surface area contributed by atoms with E-state index in [1.807, 2.05) is 0 Å². The molecule has 0 spiro atoms. The molecule has 0 saturated heterocycles. The summed E-state index contributed by atoms with van der Waals surface area (Å²) in [5.41, 5.74) is 9.70. The summed E-state index contributed by atoms with van der Waals surface area (Å²) in [6, 6.07) is 11.1. The molecule has 0 heterocycles. The fourth-order valence-electron chi connectivity index (χ4n) is 3.02. The van der Waals surface area contributed by atoms with Crippen LogP contribution in [0.3, 0.4) is 0 Å². The number of hydrogen-bond donors (Lipinski definition) is 1. The van der Waals surface area contributed by atoms with Crippen LogP contribution in [0.1, 0.15) is 37.7 Å². The minimum absolute atomic E-state index is 0.261. The van der Waals surface area contributed by atoms with E-state index in [1.165, 1.54) is 43.2 Å². The van der Waals surface area contributed by atoms with E-state index in [4.69, 9.17) is 5.73 Å². The Hall–Kier alpha value is -1.08. The van der Waals surface area contributed by atoms with E-state index in [-0.39, 0.29) is 11.5 Å². The molecule has 0 bridgehead atoms. The molecule has 1 fully saturated rings. The van der Waals surface area contributed by atoms with Crippen molar-refractivity contribution in [3.8, 4) is 0 Å². The SMILES string of the molecule is NC(C1=CCCC1)C1(c2ccccc2)CC1. The first-order chi connectivity index (χ1) is 7.83. The molecule has 2 aliphatic carbocycles. The highest BCUT2D eigenvalue weighted by molar-refractivity contribution is 5.38. The molecule has 2 N–H and O–H groups in total. The van der Waals surface area contributed by atoms with Crippen LogP contribution in [0.4, 0.5) is 0 Å². The van der Waals surface area contributed by atoms with Gasteiger partial charge in [-0.3, -0.25) is 0 Å². The third kappa shape index (κ3) is 1.51. The molecule has 84 valence electrons. The minimum Gasteiger partial charge on any atom is -0.323 e. The number of allylic oxidation sites excluding steroid dienone is 1. The molecule has 3 rings (SSSR count). The summed E-state index contributed by atoms with van der Waals surface area (Å²) in [6.45, 7) is 0. The van der Waals surface area contributed by atoms with Crippen molar-refractivity contribution in [2.24, 2.45) is 5.73 Å². The van der Waals surface area contributed by atoms with Crippen molar-refractivity contribution >= 4 is 0 Å². The Balaban J connectivity index is 1.88. The van der Waals surface area contributed by atoms with Crippen LogP contribution < -0.4 is 5.73 Å². The van der Waals surface area contributed by atoms with Gasteiger partial charge in [-0.15, -0.1) is 0 Å². The maximum Gasteiger partial charge on any atom is 0.0352 e. The highest BCUT2D eigenvalue weighted by Crippen LogP contribution is 2.52. The molecule has 0 aliphatic heterocycles. The second-order valence-electron chi connectivity index (χ2n) is 5.17. The van der Waals surface area contributed by atoms with Gasteiger partial charge >= 0.3 is 0 Å². The largest absolute Gasteiger partial charge is 0.323 e. The number of benzene rings is 1. The predicted molar refractivity (Wildman–Crippen MR) is 67.3 cm³/mol. The van der Waals surface area contributed by atoms with Crippen molar-refractivity contribution in [2.75, 3.05) is 0 Å². The monoisotopic (exact) mass is 213 g/mol. The molecule has 0 amide bonds. The normalized spacial score (nSPS) is 23.9. The molecule has 2 aliphatic rings. The average Bonchev–Trinajstić information content (AvgIpc) is 2.97. The average molecular weight is 213 g/mol. The Morgan fingerprint density at radius 1 is 1.12 bits per heavy atom. The maximum absolute atomic E-state index is 6.48. The summed E-state index contributed by atoms with van der Waals surface area (Å²) in [5.74, 6) is 0. The number of rotatable bonds is 3. The Labute approximate surface area is 97.4 Å². The van der Waals surface area contributed by atoms with E-state index in [1.54, 1.807) is 0 Å². The Morgan fingerprint density at radius 2 is 1.88 bits per heavy atom. The van der Waals surface area contributed by atoms with Crippen LogP contribution in [0, 0.1) is 0 Å². The van der Waals surface area contributed by atoms with Gasteiger partial charge in [0.15, 0.2) is 0 Å². The van der Waals surface area contributed by atoms with Gasteiger partial charge in [0.25, 0.3) is 0 Å². The van der Waals surface area contributed by atoms with Gasteiger partial charge in [0.2, 0.25) is 0 Å². The first-order valence-electron chi connectivity index (χ1n) is 6.33. The molecule has 0 aromatic heterocycles. The van der Waals surface area contributed by atoms with Crippen molar-refractivity contribution in [1.82, 2.24) is 0 Å². The summed E-state index contributed by atoms with van der Waals surface area (Å²) in [6.07, 6.45) is 8.64. The lowest BCUT2D eigenvalue weighted by Gasteiger charge is -2.25. The zero-order chi connectivity index (χ0) is 11.0. The predicted octanol–water partition coefficient (Wildman–Crippen LogP) is 3.16. The molecule has 1 aromatic rings. The van der Waals surface area contributed by atoms with Gasteiger partial charge in [-0.25, -0.2) is 0 Å². The zero-order valence-electron chi connectivity index (χ0n) is 9.65. The van der Waals surface area contributed by atoms with Crippen molar-refractivity contribution in [1.29, 1.82) is 0 Å². The first-order valence-corrected chi connectivity index (χ1v) is 6.33. The summed E-state index contributed by atoms with van der Waals surface area (Å²) in [4.78, 5) is 0. The molecule has 1 atom stereocenters. The molecule has 1 saturated carbocycles. The highest BCUT2D eigenvalue weighted by Gasteiger charge is 2.50. The second-order valence-corrected chi connectivity index (χ2v) is 5.17. The smallest absolute Gasteiger partial charge is 0.0352 e. The number of hydrogen-bond acceptors (Lipinski definition) is 1. The molecule has 16 heavy (non-hydrogen) atoms. The van der Waals surface area contributed by atoms with Crippen molar-refractivity contribution < 1.29 is 0 Å². The summed E-state index contributed by atoms with van der Waals surface area (Å²) < 4.78 is 0. The fourth-order valence-corrected chi connectivity index (χ4v) is 3.02. The lowest BCUT2D eigenvalue weighted by molar-refractivity contribution is 0.566. The molecule has 1 heteroatoms. The van der Waals surface area contributed by atoms with Gasteiger partial charge in [-0.05, 0) is 37.7 Å². The van der Waals surface area contributed by atoms with Gasteiger partial charge in [-0.2, -0.15) is 0 Å².